The van der Waals surface area contributed by atoms with Gasteiger partial charge in [-0.1, -0.05) is 41.4 Å². The molecule has 0 bridgehead atoms. The Labute approximate surface area is 122 Å². The molecular formula is C14H7Cl2NO3. The van der Waals surface area contributed by atoms with Crippen LogP contribution in [0.1, 0.15) is 0 Å². The van der Waals surface area contributed by atoms with Crippen molar-refractivity contribution in [1.82, 2.24) is 4.57 Å². The molecule has 0 unspecified atom stereocenters. The van der Waals surface area contributed by atoms with Crippen LogP contribution in [0.25, 0.3) is 16.7 Å². The molecule has 20 heavy (non-hydrogen) atoms. The van der Waals surface area contributed by atoms with E-state index in [1.807, 2.05) is 0 Å². The van der Waals surface area contributed by atoms with E-state index in [2.05, 4.69) is 0 Å². The number of aromatic nitrogens is 1. The Morgan fingerprint density at radius 2 is 1.70 bits per heavy atom. The average molecular weight is 308 g/mol. The highest BCUT2D eigenvalue weighted by atomic mass is 35.5. The van der Waals surface area contributed by atoms with Crippen molar-refractivity contribution in [3.63, 3.8) is 0 Å². The third-order valence-corrected chi connectivity index (χ3v) is 3.68. The van der Waals surface area contributed by atoms with Crippen LogP contribution in [-0.4, -0.2) is 4.57 Å². The maximum Gasteiger partial charge on any atom is 0.427 e. The number of fused-ring (bicyclic) bond motifs is 1. The van der Waals surface area contributed by atoms with Crippen molar-refractivity contribution >= 4 is 34.2 Å². The fraction of sp³-hybridized carbons (Fsp3) is 0. The summed E-state index contributed by atoms with van der Waals surface area (Å²) < 4.78 is 6.00. The van der Waals surface area contributed by atoms with Gasteiger partial charge in [0.1, 0.15) is 5.58 Å². The molecular weight excluding hydrogens is 301 g/mol. The molecule has 0 amide bonds. The van der Waals surface area contributed by atoms with Crippen LogP contribution in [0.5, 0.6) is 0 Å². The molecule has 3 rings (SSSR count). The summed E-state index contributed by atoms with van der Waals surface area (Å²) in [6.07, 6.45) is 0. The Hall–Kier alpha value is -2.04. The van der Waals surface area contributed by atoms with Gasteiger partial charge in [-0.15, -0.1) is 0 Å². The molecule has 100 valence electrons. The van der Waals surface area contributed by atoms with Crippen LogP contribution >= 0.6 is 23.2 Å². The van der Waals surface area contributed by atoms with Crippen LogP contribution in [-0.2, 0) is 0 Å². The van der Waals surface area contributed by atoms with E-state index in [0.717, 1.165) is 4.57 Å². The molecule has 0 aliphatic heterocycles. The fourth-order valence-corrected chi connectivity index (χ4v) is 2.33. The molecule has 1 heterocycles. The predicted molar refractivity (Wildman–Crippen MR) is 78.1 cm³/mol. The van der Waals surface area contributed by atoms with Gasteiger partial charge in [-0.2, -0.15) is 0 Å². The van der Waals surface area contributed by atoms with Crippen LogP contribution in [0.15, 0.2) is 56.5 Å². The van der Waals surface area contributed by atoms with E-state index < -0.39 is 11.3 Å². The lowest BCUT2D eigenvalue weighted by molar-refractivity contribution is 0.504. The van der Waals surface area contributed by atoms with Gasteiger partial charge in [0.05, 0.1) is 21.1 Å². The minimum Gasteiger partial charge on any atom is -0.409 e. The normalized spacial score (nSPS) is 10.9. The van der Waals surface area contributed by atoms with Crippen molar-refractivity contribution in [2.45, 2.75) is 0 Å². The standard InChI is InChI=1S/C14H7Cl2NO3/c15-9-5-3-6-10(12(9)16)17-13(18)8-4-1-2-7-11(8)20-14(17)19/h1-7H. The van der Waals surface area contributed by atoms with E-state index in [0.29, 0.717) is 5.39 Å². The third-order valence-electron chi connectivity index (χ3n) is 2.87. The predicted octanol–water partition coefficient (Wildman–Crippen LogP) is 3.25. The summed E-state index contributed by atoms with van der Waals surface area (Å²) in [6, 6.07) is 11.2. The molecule has 0 radical (unpaired) electrons. The second-order valence-electron chi connectivity index (χ2n) is 4.08. The number of hydrogen-bond acceptors (Lipinski definition) is 3. The van der Waals surface area contributed by atoms with Crippen LogP contribution in [0.3, 0.4) is 0 Å². The van der Waals surface area contributed by atoms with Gasteiger partial charge in [0, 0.05) is 0 Å². The van der Waals surface area contributed by atoms with Gasteiger partial charge in [-0.05, 0) is 24.3 Å². The zero-order chi connectivity index (χ0) is 14.3. The van der Waals surface area contributed by atoms with Gasteiger partial charge in [-0.25, -0.2) is 9.36 Å². The highest BCUT2D eigenvalue weighted by molar-refractivity contribution is 6.43. The number of hydrogen-bond donors (Lipinski definition) is 0. The quantitative estimate of drug-likeness (QED) is 0.693. The van der Waals surface area contributed by atoms with Gasteiger partial charge < -0.3 is 4.42 Å². The lowest BCUT2D eigenvalue weighted by Gasteiger charge is -2.07. The summed E-state index contributed by atoms with van der Waals surface area (Å²) in [7, 11) is 0. The largest absolute Gasteiger partial charge is 0.427 e. The summed E-state index contributed by atoms with van der Waals surface area (Å²) in [5, 5.41) is 0.672. The second-order valence-corrected chi connectivity index (χ2v) is 4.86. The topological polar surface area (TPSA) is 52.2 Å². The Kier molecular flexibility index (Phi) is 3.12. The van der Waals surface area contributed by atoms with E-state index in [1.165, 1.54) is 6.07 Å². The minimum atomic E-state index is -0.808. The highest BCUT2D eigenvalue weighted by Gasteiger charge is 2.14. The van der Waals surface area contributed by atoms with E-state index in [4.69, 9.17) is 27.6 Å². The Balaban J connectivity index is 2.46. The van der Waals surface area contributed by atoms with E-state index >= 15 is 0 Å². The molecule has 3 aromatic rings. The monoisotopic (exact) mass is 307 g/mol. The smallest absolute Gasteiger partial charge is 0.409 e. The lowest BCUT2D eigenvalue weighted by Crippen LogP contribution is -2.31. The maximum absolute atomic E-state index is 12.4. The van der Waals surface area contributed by atoms with E-state index in [1.54, 1.807) is 36.4 Å². The van der Waals surface area contributed by atoms with Crippen molar-refractivity contribution in [2.24, 2.45) is 0 Å². The summed E-state index contributed by atoms with van der Waals surface area (Å²) in [5.74, 6) is -0.808. The van der Waals surface area contributed by atoms with Gasteiger partial charge in [-0.3, -0.25) is 4.79 Å². The first-order valence-corrected chi connectivity index (χ1v) is 6.44. The molecule has 4 nitrogen and oxygen atoms in total. The zero-order valence-corrected chi connectivity index (χ0v) is 11.5. The lowest BCUT2D eigenvalue weighted by atomic mass is 10.2. The van der Waals surface area contributed by atoms with Crippen molar-refractivity contribution in [3.8, 4) is 5.69 Å². The third kappa shape index (κ3) is 1.94. The fourth-order valence-electron chi connectivity index (χ4n) is 1.95. The van der Waals surface area contributed by atoms with Crippen LogP contribution < -0.4 is 11.3 Å². The summed E-state index contributed by atoms with van der Waals surface area (Å²) in [5.41, 5.74) is -0.0680. The molecule has 0 saturated heterocycles. The van der Waals surface area contributed by atoms with Crippen molar-refractivity contribution in [1.29, 1.82) is 0 Å². The molecule has 0 saturated carbocycles. The summed E-state index contributed by atoms with van der Waals surface area (Å²) in [6.45, 7) is 0. The number of halogens is 2. The Morgan fingerprint density at radius 3 is 2.50 bits per heavy atom. The average Bonchev–Trinajstić information content (AvgIpc) is 2.43. The summed E-state index contributed by atoms with van der Waals surface area (Å²) in [4.78, 5) is 24.4. The molecule has 6 heteroatoms. The maximum atomic E-state index is 12.4. The highest BCUT2D eigenvalue weighted by Crippen LogP contribution is 2.27. The zero-order valence-electron chi connectivity index (χ0n) is 9.97. The molecule has 0 N–H and O–H groups in total. The molecule has 0 aliphatic carbocycles. The number of para-hydroxylation sites is 1. The van der Waals surface area contributed by atoms with Gasteiger partial charge >= 0.3 is 5.76 Å². The van der Waals surface area contributed by atoms with Crippen LogP contribution in [0, 0.1) is 0 Å². The Bertz CT molecular complexity index is 928. The number of benzene rings is 2. The SMILES string of the molecule is O=c1oc2ccccc2c(=O)n1-c1cccc(Cl)c1Cl. The van der Waals surface area contributed by atoms with Gasteiger partial charge in [0.15, 0.2) is 0 Å². The van der Waals surface area contributed by atoms with Crippen LogP contribution in [0.4, 0.5) is 0 Å². The molecule has 0 fully saturated rings. The second kappa shape index (κ2) is 4.81. The van der Waals surface area contributed by atoms with Gasteiger partial charge in [0.25, 0.3) is 5.56 Å². The first kappa shape index (κ1) is 13.0. The number of nitrogens with zero attached hydrogens (tertiary/aromatic N) is 1. The van der Waals surface area contributed by atoms with E-state index in [-0.39, 0.29) is 21.3 Å². The molecule has 1 aromatic heterocycles. The molecule has 0 aliphatic rings. The van der Waals surface area contributed by atoms with E-state index in [9.17, 15) is 9.59 Å². The number of rotatable bonds is 1. The van der Waals surface area contributed by atoms with Crippen molar-refractivity contribution in [3.05, 3.63) is 73.4 Å². The first-order chi connectivity index (χ1) is 9.59. The summed E-state index contributed by atoms with van der Waals surface area (Å²) >= 11 is 12.0. The molecule has 0 atom stereocenters. The van der Waals surface area contributed by atoms with Crippen LogP contribution in [0.2, 0.25) is 10.0 Å². The molecule has 2 aromatic carbocycles. The first-order valence-electron chi connectivity index (χ1n) is 5.69. The Morgan fingerprint density at radius 1 is 0.950 bits per heavy atom. The van der Waals surface area contributed by atoms with Gasteiger partial charge in [0.2, 0.25) is 0 Å². The molecule has 0 spiro atoms. The van der Waals surface area contributed by atoms with Crippen molar-refractivity contribution in [2.75, 3.05) is 0 Å². The van der Waals surface area contributed by atoms with Crippen molar-refractivity contribution < 1.29 is 4.42 Å². The minimum absolute atomic E-state index is 0.124.